The number of hydrogen-bond acceptors (Lipinski definition) is 6. The van der Waals surface area contributed by atoms with Crippen LogP contribution in [0.2, 0.25) is 0 Å². The molecule has 1 N–H and O–H groups in total. The van der Waals surface area contributed by atoms with Crippen LogP contribution in [0.3, 0.4) is 0 Å². The first-order chi connectivity index (χ1) is 13.7. The molecule has 3 rings (SSSR count). The van der Waals surface area contributed by atoms with Crippen molar-refractivity contribution in [2.24, 2.45) is 0 Å². The van der Waals surface area contributed by atoms with Crippen LogP contribution in [0.15, 0.2) is 24.3 Å². The second kappa shape index (κ2) is 8.36. The number of nitrogens with one attached hydrogen (secondary N) is 1. The summed E-state index contributed by atoms with van der Waals surface area (Å²) in [6.45, 7) is 5.73. The molecule has 1 aliphatic rings. The molecule has 9 heteroatoms. The van der Waals surface area contributed by atoms with Gasteiger partial charge in [-0.1, -0.05) is 0 Å². The van der Waals surface area contributed by atoms with Gasteiger partial charge in [-0.25, -0.2) is 13.2 Å². The topological polar surface area (TPSA) is 107 Å². The normalized spacial score (nSPS) is 17.8. The number of esters is 1. The van der Waals surface area contributed by atoms with Crippen LogP contribution in [-0.2, 0) is 25.8 Å². The first-order valence-corrected chi connectivity index (χ1v) is 11.3. The number of ether oxygens (including phenoxy) is 1. The van der Waals surface area contributed by atoms with E-state index in [2.05, 4.69) is 10.4 Å². The summed E-state index contributed by atoms with van der Waals surface area (Å²) in [5.74, 6) is -0.349. The summed E-state index contributed by atoms with van der Waals surface area (Å²) in [5, 5.41) is 7.30. The lowest BCUT2D eigenvalue weighted by atomic mass is 10.1. The van der Waals surface area contributed by atoms with Gasteiger partial charge in [0.15, 0.2) is 9.84 Å². The van der Waals surface area contributed by atoms with Gasteiger partial charge in [-0.3, -0.25) is 9.48 Å². The molecular formula is C20H25N3O5S. The molecule has 1 aliphatic heterocycles. The largest absolute Gasteiger partial charge is 0.462 e. The lowest BCUT2D eigenvalue weighted by molar-refractivity contribution is -0.115. The smallest absolute Gasteiger partial charge is 0.338 e. The number of hydrogen-bond donors (Lipinski definition) is 1. The van der Waals surface area contributed by atoms with Crippen molar-refractivity contribution in [2.45, 2.75) is 39.7 Å². The average molecular weight is 420 g/mol. The molecule has 1 unspecified atom stereocenters. The highest BCUT2D eigenvalue weighted by Gasteiger charge is 2.31. The van der Waals surface area contributed by atoms with E-state index in [0.29, 0.717) is 24.3 Å². The van der Waals surface area contributed by atoms with Crippen molar-refractivity contribution in [3.63, 3.8) is 0 Å². The van der Waals surface area contributed by atoms with Gasteiger partial charge in [0.25, 0.3) is 0 Å². The molecule has 1 fully saturated rings. The Morgan fingerprint density at radius 2 is 1.93 bits per heavy atom. The number of benzene rings is 1. The summed E-state index contributed by atoms with van der Waals surface area (Å²) in [5.41, 5.74) is 3.34. The minimum absolute atomic E-state index is 0.0907. The van der Waals surface area contributed by atoms with Crippen molar-refractivity contribution in [1.82, 2.24) is 9.78 Å². The van der Waals surface area contributed by atoms with Gasteiger partial charge in [0.05, 0.1) is 41.8 Å². The van der Waals surface area contributed by atoms with Gasteiger partial charge in [0.1, 0.15) is 0 Å². The molecule has 156 valence electrons. The van der Waals surface area contributed by atoms with E-state index in [-0.39, 0.29) is 29.9 Å². The molecule has 2 heterocycles. The molecule has 1 aromatic heterocycles. The number of sulfone groups is 1. The highest BCUT2D eigenvalue weighted by molar-refractivity contribution is 7.91. The Balaban J connectivity index is 1.67. The Bertz CT molecular complexity index is 1030. The lowest BCUT2D eigenvalue weighted by Gasteiger charge is -2.11. The summed E-state index contributed by atoms with van der Waals surface area (Å²) in [7, 11) is -3.01. The highest BCUT2D eigenvalue weighted by atomic mass is 32.2. The summed E-state index contributed by atoms with van der Waals surface area (Å²) in [4.78, 5) is 24.2. The Morgan fingerprint density at radius 1 is 1.24 bits per heavy atom. The van der Waals surface area contributed by atoms with Crippen LogP contribution >= 0.6 is 0 Å². The molecule has 1 saturated heterocycles. The quantitative estimate of drug-likeness (QED) is 0.720. The first kappa shape index (κ1) is 21.0. The third-order valence-electron chi connectivity index (χ3n) is 5.05. The molecule has 0 radical (unpaired) electrons. The fourth-order valence-corrected chi connectivity index (χ4v) is 5.24. The second-order valence-electron chi connectivity index (χ2n) is 7.17. The predicted octanol–water partition coefficient (Wildman–Crippen LogP) is 2.22. The highest BCUT2D eigenvalue weighted by Crippen LogP contribution is 2.27. The van der Waals surface area contributed by atoms with Gasteiger partial charge >= 0.3 is 5.97 Å². The summed E-state index contributed by atoms with van der Waals surface area (Å²) >= 11 is 0. The molecule has 0 saturated carbocycles. The number of rotatable bonds is 6. The minimum atomic E-state index is -3.01. The van der Waals surface area contributed by atoms with Crippen molar-refractivity contribution in [2.75, 3.05) is 23.4 Å². The van der Waals surface area contributed by atoms with E-state index in [1.54, 1.807) is 35.9 Å². The van der Waals surface area contributed by atoms with Gasteiger partial charge in [0.2, 0.25) is 5.91 Å². The second-order valence-corrected chi connectivity index (χ2v) is 9.40. The molecule has 1 atom stereocenters. The third-order valence-corrected chi connectivity index (χ3v) is 6.80. The molecule has 29 heavy (non-hydrogen) atoms. The summed E-state index contributed by atoms with van der Waals surface area (Å²) in [6.07, 6.45) is 0.680. The molecule has 1 aromatic carbocycles. The Labute approximate surface area is 170 Å². The maximum atomic E-state index is 12.5. The van der Waals surface area contributed by atoms with Crippen molar-refractivity contribution in [3.8, 4) is 0 Å². The van der Waals surface area contributed by atoms with Gasteiger partial charge in [0, 0.05) is 16.9 Å². The number of aryl methyl sites for hydroxylation is 1. The SMILES string of the molecule is CCOC(=O)c1ccc(NC(=O)Cc2c(C)nn(C3CCS(=O)(=O)C3)c2C)cc1. The van der Waals surface area contributed by atoms with Crippen LogP contribution in [0.1, 0.15) is 46.7 Å². The van der Waals surface area contributed by atoms with Crippen molar-refractivity contribution < 1.29 is 22.7 Å². The Hall–Kier alpha value is -2.68. The van der Waals surface area contributed by atoms with E-state index in [4.69, 9.17) is 4.74 Å². The van der Waals surface area contributed by atoms with Gasteiger partial charge < -0.3 is 10.1 Å². The maximum Gasteiger partial charge on any atom is 0.338 e. The third kappa shape index (κ3) is 4.84. The van der Waals surface area contributed by atoms with Crippen LogP contribution < -0.4 is 5.32 Å². The number of aromatic nitrogens is 2. The van der Waals surface area contributed by atoms with E-state index >= 15 is 0 Å². The Kier molecular flexibility index (Phi) is 6.07. The number of anilines is 1. The van der Waals surface area contributed by atoms with Gasteiger partial charge in [-0.15, -0.1) is 0 Å². The van der Waals surface area contributed by atoms with Crippen LogP contribution in [-0.4, -0.2) is 48.2 Å². The zero-order valence-corrected chi connectivity index (χ0v) is 17.6. The lowest BCUT2D eigenvalue weighted by Crippen LogP contribution is -2.16. The van der Waals surface area contributed by atoms with Crippen LogP contribution in [0.5, 0.6) is 0 Å². The van der Waals surface area contributed by atoms with Crippen molar-refractivity contribution in [3.05, 3.63) is 46.8 Å². The fourth-order valence-electron chi connectivity index (χ4n) is 3.55. The number of carbonyl (C=O) groups excluding carboxylic acids is 2. The van der Waals surface area contributed by atoms with E-state index in [1.807, 2.05) is 13.8 Å². The molecule has 0 spiro atoms. The molecule has 1 amide bonds. The van der Waals surface area contributed by atoms with E-state index in [0.717, 1.165) is 17.0 Å². The molecule has 2 aromatic rings. The number of nitrogens with zero attached hydrogens (tertiary/aromatic N) is 2. The number of amides is 1. The van der Waals surface area contributed by atoms with Gasteiger partial charge in [-0.2, -0.15) is 5.10 Å². The first-order valence-electron chi connectivity index (χ1n) is 9.52. The number of carbonyl (C=O) groups is 2. The molecule has 8 nitrogen and oxygen atoms in total. The summed E-state index contributed by atoms with van der Waals surface area (Å²) in [6, 6.07) is 6.32. The molecular weight excluding hydrogens is 394 g/mol. The fraction of sp³-hybridized carbons (Fsp3) is 0.450. The van der Waals surface area contributed by atoms with Crippen molar-refractivity contribution in [1.29, 1.82) is 0 Å². The van der Waals surface area contributed by atoms with Crippen LogP contribution in [0.4, 0.5) is 5.69 Å². The zero-order chi connectivity index (χ0) is 21.2. The average Bonchev–Trinajstić information content (AvgIpc) is 3.16. The van der Waals surface area contributed by atoms with Crippen molar-refractivity contribution >= 4 is 27.4 Å². The standard InChI is InChI=1S/C20H25N3O5S/c1-4-28-20(25)15-5-7-16(8-6-15)21-19(24)11-18-13(2)22-23(14(18)3)17-9-10-29(26,27)12-17/h5-8,17H,4,9-12H2,1-3H3,(H,21,24). The molecule has 0 aliphatic carbocycles. The molecule has 0 bridgehead atoms. The van der Waals surface area contributed by atoms with E-state index in [1.165, 1.54) is 0 Å². The predicted molar refractivity (Wildman–Crippen MR) is 109 cm³/mol. The van der Waals surface area contributed by atoms with E-state index < -0.39 is 15.8 Å². The maximum absolute atomic E-state index is 12.5. The zero-order valence-electron chi connectivity index (χ0n) is 16.8. The Morgan fingerprint density at radius 3 is 2.52 bits per heavy atom. The van der Waals surface area contributed by atoms with Crippen LogP contribution in [0.25, 0.3) is 0 Å². The summed E-state index contributed by atoms with van der Waals surface area (Å²) < 4.78 is 30.2. The van der Waals surface area contributed by atoms with E-state index in [9.17, 15) is 18.0 Å². The van der Waals surface area contributed by atoms with Crippen LogP contribution in [0, 0.1) is 13.8 Å². The minimum Gasteiger partial charge on any atom is -0.462 e. The monoisotopic (exact) mass is 419 g/mol. The van der Waals surface area contributed by atoms with Gasteiger partial charge in [-0.05, 0) is 51.5 Å².